The van der Waals surface area contributed by atoms with Crippen molar-refractivity contribution in [2.75, 3.05) is 31.2 Å². The molecule has 1 amide bonds. The summed E-state index contributed by atoms with van der Waals surface area (Å²) in [5.41, 5.74) is 2.04. The predicted molar refractivity (Wildman–Crippen MR) is 129 cm³/mol. The van der Waals surface area contributed by atoms with Crippen molar-refractivity contribution in [2.24, 2.45) is 0 Å². The minimum Gasteiger partial charge on any atom is -0.444 e. The van der Waals surface area contributed by atoms with E-state index in [0.29, 0.717) is 17.7 Å². The minimum absolute atomic E-state index is 0.354. The molecular weight excluding hydrogens is 442 g/mol. The Bertz CT molecular complexity index is 983. The van der Waals surface area contributed by atoms with E-state index in [2.05, 4.69) is 33.4 Å². The Hall–Kier alpha value is -2.32. The molecule has 2 aliphatic heterocycles. The smallest absolute Gasteiger partial charge is 0.408 e. The van der Waals surface area contributed by atoms with Gasteiger partial charge in [0.05, 0.1) is 17.8 Å². The van der Waals surface area contributed by atoms with E-state index in [1.54, 1.807) is 0 Å². The van der Waals surface area contributed by atoms with Crippen LogP contribution in [0.3, 0.4) is 0 Å². The Labute approximate surface area is 200 Å². The predicted octanol–water partition coefficient (Wildman–Crippen LogP) is 4.83. The number of piperidine rings is 1. The summed E-state index contributed by atoms with van der Waals surface area (Å²) in [5.74, 6) is 0. The van der Waals surface area contributed by atoms with Crippen LogP contribution in [0.25, 0.3) is 11.1 Å². The van der Waals surface area contributed by atoms with E-state index in [0.717, 1.165) is 62.3 Å². The van der Waals surface area contributed by atoms with E-state index in [-0.39, 0.29) is 0 Å². The van der Waals surface area contributed by atoms with Crippen LogP contribution in [0.4, 0.5) is 10.5 Å². The van der Waals surface area contributed by atoms with Crippen molar-refractivity contribution in [1.29, 1.82) is 0 Å². The third kappa shape index (κ3) is 5.98. The molecule has 2 saturated heterocycles. The first-order chi connectivity index (χ1) is 15.6. The van der Waals surface area contributed by atoms with Crippen LogP contribution in [0.5, 0.6) is 0 Å². The minimum atomic E-state index is -0.537. The summed E-state index contributed by atoms with van der Waals surface area (Å²) in [5, 5.41) is 8.17. The van der Waals surface area contributed by atoms with Gasteiger partial charge in [-0.15, -0.1) is 0 Å². The lowest BCUT2D eigenvalue weighted by molar-refractivity contribution is 0.0454. The number of aromatic nitrogens is 3. The molecule has 9 heteroatoms. The fourth-order valence-corrected chi connectivity index (χ4v) is 4.78. The lowest BCUT2D eigenvalue weighted by atomic mass is 9.90. The molecule has 33 heavy (non-hydrogen) atoms. The Kier molecular flexibility index (Phi) is 6.86. The highest BCUT2D eigenvalue weighted by Crippen LogP contribution is 2.36. The largest absolute Gasteiger partial charge is 0.444 e. The maximum Gasteiger partial charge on any atom is 0.408 e. The number of amides is 1. The van der Waals surface area contributed by atoms with Crippen molar-refractivity contribution in [2.45, 2.75) is 70.6 Å². The van der Waals surface area contributed by atoms with Gasteiger partial charge in [0.25, 0.3) is 0 Å². The lowest BCUT2D eigenvalue weighted by Gasteiger charge is -2.42. The fraction of sp³-hybridized carbons (Fsp3) is 0.625. The van der Waals surface area contributed by atoms with Crippen molar-refractivity contribution >= 4 is 23.4 Å². The van der Waals surface area contributed by atoms with Crippen molar-refractivity contribution in [3.05, 3.63) is 29.8 Å². The molecule has 180 valence electrons. The number of carbonyl (C=O) groups excluding carboxylic acids is 1. The summed E-state index contributed by atoms with van der Waals surface area (Å²) in [7, 11) is 0. The van der Waals surface area contributed by atoms with Crippen molar-refractivity contribution < 1.29 is 14.3 Å². The van der Waals surface area contributed by atoms with Crippen LogP contribution in [0.2, 0.25) is 5.15 Å². The molecule has 0 spiro atoms. The number of anilines is 1. The number of ether oxygens (including phenoxy) is 2. The maximum absolute atomic E-state index is 12.5. The number of halogens is 1. The second-order valence-corrected chi connectivity index (χ2v) is 10.7. The second-order valence-electron chi connectivity index (χ2n) is 10.3. The van der Waals surface area contributed by atoms with Crippen LogP contribution < -0.4 is 10.2 Å². The van der Waals surface area contributed by atoms with Gasteiger partial charge in [-0.05, 0) is 59.4 Å². The van der Waals surface area contributed by atoms with E-state index in [9.17, 15) is 4.79 Å². The van der Waals surface area contributed by atoms with E-state index < -0.39 is 17.2 Å². The van der Waals surface area contributed by atoms with E-state index in [1.165, 1.54) is 0 Å². The SMILES string of the molecule is CC(C)(C)OC(=O)N[C@@]1(C)CCCN(c2cc(Cl)ncc2-c2cnn(C3CCOCC3)c2)C1. The van der Waals surface area contributed by atoms with Gasteiger partial charge in [0.15, 0.2) is 0 Å². The molecule has 2 fully saturated rings. The van der Waals surface area contributed by atoms with Crippen LogP contribution >= 0.6 is 11.6 Å². The first kappa shape index (κ1) is 23.8. The summed E-state index contributed by atoms with van der Waals surface area (Å²) < 4.78 is 13.0. The van der Waals surface area contributed by atoms with Crippen LogP contribution in [0, 0.1) is 0 Å². The molecule has 2 aliphatic rings. The lowest BCUT2D eigenvalue weighted by Crippen LogP contribution is -2.57. The van der Waals surface area contributed by atoms with Crippen LogP contribution in [-0.4, -0.2) is 58.3 Å². The molecule has 0 aromatic carbocycles. The van der Waals surface area contributed by atoms with Crippen LogP contribution in [0.1, 0.15) is 59.4 Å². The average molecular weight is 476 g/mol. The third-order valence-corrected chi connectivity index (χ3v) is 6.37. The van der Waals surface area contributed by atoms with Gasteiger partial charge in [-0.2, -0.15) is 5.10 Å². The summed E-state index contributed by atoms with van der Waals surface area (Å²) in [6, 6.07) is 2.26. The van der Waals surface area contributed by atoms with Crippen LogP contribution in [-0.2, 0) is 9.47 Å². The van der Waals surface area contributed by atoms with Crippen molar-refractivity contribution in [1.82, 2.24) is 20.1 Å². The zero-order valence-electron chi connectivity index (χ0n) is 19.9. The summed E-state index contributed by atoms with van der Waals surface area (Å²) in [4.78, 5) is 19.1. The molecule has 8 nitrogen and oxygen atoms in total. The number of pyridine rings is 1. The van der Waals surface area contributed by atoms with Gasteiger partial charge in [0.1, 0.15) is 10.8 Å². The monoisotopic (exact) mass is 475 g/mol. The summed E-state index contributed by atoms with van der Waals surface area (Å²) >= 11 is 6.32. The quantitative estimate of drug-likeness (QED) is 0.637. The molecule has 2 aromatic heterocycles. The van der Waals surface area contributed by atoms with Gasteiger partial charge in [-0.1, -0.05) is 11.6 Å². The number of hydrogen-bond donors (Lipinski definition) is 1. The molecule has 4 rings (SSSR count). The zero-order chi connectivity index (χ0) is 23.6. The number of alkyl carbamates (subject to hydrolysis) is 1. The molecule has 2 aromatic rings. The highest BCUT2D eigenvalue weighted by atomic mass is 35.5. The van der Waals surface area contributed by atoms with E-state index >= 15 is 0 Å². The number of nitrogens with one attached hydrogen (secondary N) is 1. The molecule has 0 saturated carbocycles. The first-order valence-electron chi connectivity index (χ1n) is 11.7. The topological polar surface area (TPSA) is 81.5 Å². The molecule has 0 radical (unpaired) electrons. The normalized spacial score (nSPS) is 22.3. The molecule has 1 atom stereocenters. The Morgan fingerprint density at radius 2 is 2.06 bits per heavy atom. The van der Waals surface area contributed by atoms with Gasteiger partial charge in [0, 0.05) is 55.5 Å². The van der Waals surface area contributed by atoms with Crippen molar-refractivity contribution in [3.8, 4) is 11.1 Å². The summed E-state index contributed by atoms with van der Waals surface area (Å²) in [6.07, 6.45) is 9.15. The second kappa shape index (κ2) is 9.50. The Balaban J connectivity index is 1.56. The van der Waals surface area contributed by atoms with Gasteiger partial charge in [0.2, 0.25) is 0 Å². The zero-order valence-corrected chi connectivity index (χ0v) is 20.7. The molecular formula is C24H34ClN5O3. The Morgan fingerprint density at radius 1 is 1.30 bits per heavy atom. The van der Waals surface area contributed by atoms with Gasteiger partial charge < -0.3 is 19.7 Å². The number of rotatable bonds is 4. The average Bonchev–Trinajstić information content (AvgIpc) is 3.22. The Morgan fingerprint density at radius 3 is 2.79 bits per heavy atom. The standard InChI is InChI=1S/C24H34ClN5O3/c1-23(2,3)33-22(31)28-24(4)8-5-9-29(16-24)20-12-21(25)26-14-19(20)17-13-27-30(15-17)18-6-10-32-11-7-18/h12-15,18H,5-11,16H2,1-4H3,(H,28,31)/t24-/m0/s1. The highest BCUT2D eigenvalue weighted by molar-refractivity contribution is 6.29. The number of hydrogen-bond acceptors (Lipinski definition) is 6. The molecule has 0 aliphatic carbocycles. The van der Waals surface area contributed by atoms with E-state index in [4.69, 9.17) is 21.1 Å². The highest BCUT2D eigenvalue weighted by Gasteiger charge is 2.35. The van der Waals surface area contributed by atoms with Gasteiger partial charge >= 0.3 is 6.09 Å². The molecule has 0 unspecified atom stereocenters. The number of nitrogens with zero attached hydrogens (tertiary/aromatic N) is 4. The first-order valence-corrected chi connectivity index (χ1v) is 12.0. The molecule has 4 heterocycles. The van der Waals surface area contributed by atoms with Gasteiger partial charge in [-0.25, -0.2) is 9.78 Å². The number of carbonyl (C=O) groups is 1. The van der Waals surface area contributed by atoms with E-state index in [1.807, 2.05) is 43.9 Å². The molecule has 0 bridgehead atoms. The van der Waals surface area contributed by atoms with Gasteiger partial charge in [-0.3, -0.25) is 4.68 Å². The fourth-order valence-electron chi connectivity index (χ4n) is 4.63. The van der Waals surface area contributed by atoms with Crippen molar-refractivity contribution in [3.63, 3.8) is 0 Å². The third-order valence-electron chi connectivity index (χ3n) is 6.17. The summed E-state index contributed by atoms with van der Waals surface area (Å²) in [6.45, 7) is 10.7. The molecule has 1 N–H and O–H groups in total. The maximum atomic E-state index is 12.5. The van der Waals surface area contributed by atoms with Crippen LogP contribution in [0.15, 0.2) is 24.7 Å².